The van der Waals surface area contributed by atoms with Gasteiger partial charge in [0, 0.05) is 45.3 Å². The van der Waals surface area contributed by atoms with Crippen LogP contribution in [-0.4, -0.2) is 39.4 Å². The molecule has 2 aliphatic rings. The highest BCUT2D eigenvalue weighted by Crippen LogP contribution is 2.29. The topological polar surface area (TPSA) is 170 Å². The fourth-order valence-electron chi connectivity index (χ4n) is 5.56. The first-order valence-corrected chi connectivity index (χ1v) is 14.0. The van der Waals surface area contributed by atoms with Crippen molar-refractivity contribution in [3.63, 3.8) is 0 Å². The number of carboxylic acids is 2. The lowest BCUT2D eigenvalue weighted by molar-refractivity contribution is -0.307. The van der Waals surface area contributed by atoms with Gasteiger partial charge in [0.2, 0.25) is 5.91 Å². The molecule has 4 rings (SSSR count). The van der Waals surface area contributed by atoms with Crippen molar-refractivity contribution in [2.75, 3.05) is 0 Å². The van der Waals surface area contributed by atoms with Crippen molar-refractivity contribution in [2.24, 2.45) is 10.9 Å². The van der Waals surface area contributed by atoms with Crippen LogP contribution in [0.2, 0.25) is 0 Å². The number of carbonyl (C=O) groups is 4. The van der Waals surface area contributed by atoms with Gasteiger partial charge >= 0.3 is 0 Å². The molecule has 4 heterocycles. The molecule has 0 saturated carbocycles. The summed E-state index contributed by atoms with van der Waals surface area (Å²) in [4.78, 5) is 58.2. The van der Waals surface area contributed by atoms with Crippen molar-refractivity contribution in [2.45, 2.75) is 60.3 Å². The summed E-state index contributed by atoms with van der Waals surface area (Å²) in [5.74, 6) is -3.14. The second-order valence-corrected chi connectivity index (χ2v) is 10.7. The monoisotopic (exact) mass is 582 g/mol. The molecule has 2 amide bonds. The predicted molar refractivity (Wildman–Crippen MR) is 159 cm³/mol. The van der Waals surface area contributed by atoms with Gasteiger partial charge in [-0.05, 0) is 112 Å². The minimum Gasteiger partial charge on any atom is -0.550 e. The number of hydrogen-bond donors (Lipinski definition) is 3. The molecule has 10 heteroatoms. The van der Waals surface area contributed by atoms with E-state index < -0.39 is 11.9 Å². The molecule has 2 aromatic rings. The third-order valence-corrected chi connectivity index (χ3v) is 8.10. The highest BCUT2D eigenvalue weighted by atomic mass is 16.4. The lowest BCUT2D eigenvalue weighted by Crippen LogP contribution is -2.23. The summed E-state index contributed by atoms with van der Waals surface area (Å²) >= 11 is 0. The number of aromatic amines is 2. The number of aliphatic imine (C=N–C) groups is 1. The van der Waals surface area contributed by atoms with E-state index in [0.717, 1.165) is 27.8 Å². The second kappa shape index (κ2) is 12.5. The number of carbonyl (C=O) groups excluding carboxylic acids is 4. The van der Waals surface area contributed by atoms with Crippen molar-refractivity contribution in [3.8, 4) is 0 Å². The number of aromatic nitrogens is 2. The van der Waals surface area contributed by atoms with Crippen molar-refractivity contribution < 1.29 is 29.4 Å². The number of nitrogens with zero attached hydrogens (tertiary/aromatic N) is 1. The summed E-state index contributed by atoms with van der Waals surface area (Å²) in [7, 11) is 0. The maximum Gasteiger partial charge on any atom is 0.277 e. The fourth-order valence-corrected chi connectivity index (χ4v) is 5.56. The summed E-state index contributed by atoms with van der Waals surface area (Å²) in [6.07, 6.45) is 8.73. The average Bonchev–Trinajstić information content (AvgIpc) is 3.59. The summed E-state index contributed by atoms with van der Waals surface area (Å²) in [5.41, 5.74) is 7.53. The highest BCUT2D eigenvalue weighted by molar-refractivity contribution is 6.31. The van der Waals surface area contributed by atoms with Gasteiger partial charge in [0.15, 0.2) is 0 Å². The van der Waals surface area contributed by atoms with Crippen LogP contribution in [0.5, 0.6) is 0 Å². The number of H-pyrrole nitrogens is 2. The number of rotatable bonds is 10. The third kappa shape index (κ3) is 6.28. The van der Waals surface area contributed by atoms with E-state index in [1.165, 1.54) is 6.08 Å². The van der Waals surface area contributed by atoms with E-state index in [2.05, 4.69) is 26.9 Å². The first-order chi connectivity index (χ1) is 20.4. The third-order valence-electron chi connectivity index (χ3n) is 8.10. The number of aliphatic carboxylic acids is 2. The van der Waals surface area contributed by atoms with Crippen molar-refractivity contribution in [3.05, 3.63) is 85.5 Å². The van der Waals surface area contributed by atoms with Crippen molar-refractivity contribution in [1.29, 1.82) is 0 Å². The van der Waals surface area contributed by atoms with Gasteiger partial charge in [0.05, 0.1) is 11.6 Å². The Hall–Kier alpha value is -4.99. The van der Waals surface area contributed by atoms with E-state index in [1.54, 1.807) is 13.0 Å². The molecule has 1 fully saturated rings. The minimum absolute atomic E-state index is 0.102. The van der Waals surface area contributed by atoms with E-state index in [0.29, 0.717) is 44.6 Å². The van der Waals surface area contributed by atoms with E-state index >= 15 is 0 Å². The maximum absolute atomic E-state index is 12.3. The van der Waals surface area contributed by atoms with Crippen molar-refractivity contribution >= 4 is 47.7 Å². The molecule has 43 heavy (non-hydrogen) atoms. The summed E-state index contributed by atoms with van der Waals surface area (Å²) in [6.45, 7) is 12.9. The Morgan fingerprint density at radius 1 is 0.907 bits per heavy atom. The zero-order valence-corrected chi connectivity index (χ0v) is 24.9. The molecule has 0 aliphatic carbocycles. The SMILES string of the molecule is C=CC1=C(C)C(C=c2[nH]/c(=C\c3[nH]c(/C=C4\NC(=O)[C@H](C)\C4=C\C)c(C)c3CCC(=O)[O-])c(CCC(=O)[O-])c2C)=NC1=O. The van der Waals surface area contributed by atoms with Crippen LogP contribution < -0.4 is 26.2 Å². The molecule has 0 aromatic carbocycles. The van der Waals surface area contributed by atoms with Crippen LogP contribution in [-0.2, 0) is 32.0 Å². The molecule has 1 saturated heterocycles. The molecule has 0 bridgehead atoms. The summed E-state index contributed by atoms with van der Waals surface area (Å²) < 4.78 is 0. The molecular formula is C33H34N4O6-2. The number of allylic oxidation sites excluding steroid dienone is 3. The Morgan fingerprint density at radius 3 is 2.14 bits per heavy atom. The van der Waals surface area contributed by atoms with Crippen LogP contribution in [0.25, 0.3) is 18.2 Å². The molecule has 1 atom stereocenters. The summed E-state index contributed by atoms with van der Waals surface area (Å²) in [5, 5.41) is 26.9. The molecule has 2 aromatic heterocycles. The number of hydrogen-bond acceptors (Lipinski definition) is 6. The number of amides is 2. The lowest BCUT2D eigenvalue weighted by Gasteiger charge is -2.05. The number of nitrogens with one attached hydrogen (secondary N) is 3. The normalized spacial score (nSPS) is 19.7. The van der Waals surface area contributed by atoms with E-state index in [4.69, 9.17) is 0 Å². The van der Waals surface area contributed by atoms with Crippen LogP contribution in [0.15, 0.2) is 46.1 Å². The average molecular weight is 583 g/mol. The van der Waals surface area contributed by atoms with Crippen LogP contribution in [0.4, 0.5) is 0 Å². The van der Waals surface area contributed by atoms with E-state index in [-0.39, 0.29) is 43.4 Å². The highest BCUT2D eigenvalue weighted by Gasteiger charge is 2.29. The Kier molecular flexibility index (Phi) is 8.99. The van der Waals surface area contributed by atoms with Crippen LogP contribution in [0.3, 0.4) is 0 Å². The Morgan fingerprint density at radius 2 is 1.56 bits per heavy atom. The minimum atomic E-state index is -1.19. The molecule has 10 nitrogen and oxygen atoms in total. The van der Waals surface area contributed by atoms with Crippen LogP contribution in [0.1, 0.15) is 67.3 Å². The van der Waals surface area contributed by atoms with Crippen molar-refractivity contribution in [1.82, 2.24) is 15.3 Å². The van der Waals surface area contributed by atoms with Gasteiger partial charge in [0.1, 0.15) is 0 Å². The smallest absolute Gasteiger partial charge is 0.277 e. The maximum atomic E-state index is 12.3. The molecule has 0 radical (unpaired) electrons. The first-order valence-electron chi connectivity index (χ1n) is 14.0. The van der Waals surface area contributed by atoms with E-state index in [1.807, 2.05) is 45.9 Å². The Bertz CT molecular complexity index is 1810. The van der Waals surface area contributed by atoms with Gasteiger partial charge < -0.3 is 35.1 Å². The largest absolute Gasteiger partial charge is 0.550 e. The molecule has 0 spiro atoms. The van der Waals surface area contributed by atoms with E-state index in [9.17, 15) is 29.4 Å². The van der Waals surface area contributed by atoms with Crippen LogP contribution in [0, 0.1) is 19.8 Å². The molecule has 224 valence electrons. The first kappa shape index (κ1) is 31.0. The summed E-state index contributed by atoms with van der Waals surface area (Å²) in [6, 6.07) is 0. The fraction of sp³-hybridized carbons (Fsp3) is 0.303. The van der Waals surface area contributed by atoms with Gasteiger partial charge in [-0.25, -0.2) is 4.99 Å². The zero-order valence-electron chi connectivity index (χ0n) is 24.9. The molecule has 2 aliphatic heterocycles. The molecule has 0 unspecified atom stereocenters. The van der Waals surface area contributed by atoms with Gasteiger partial charge in [-0.3, -0.25) is 9.59 Å². The standard InChI is InChI=1S/C33H36N4O6/c1-7-20-19(6)32(42)37-27(20)14-25-18(5)23(10-12-31(40)41)29(35-25)15-28-22(9-11-30(38)39)17(4)24(34-28)13-26-16(3)21(8-2)33(43)36-26/h7-8,13-15,19,34-35H,2,9-12H2,1,3-6H3,(H,37,42)(H,38,39)(H,40,41)/p-2/b20-7-,24-13?,27-14-,28-15-/t19-/m1/s1. The lowest BCUT2D eigenvalue weighted by atomic mass is 10.00. The molecular weight excluding hydrogens is 548 g/mol. The van der Waals surface area contributed by atoms with Gasteiger partial charge in [-0.2, -0.15) is 0 Å². The predicted octanol–water partition coefficient (Wildman–Crippen LogP) is 0.471. The van der Waals surface area contributed by atoms with Gasteiger partial charge in [0.25, 0.3) is 5.91 Å². The second-order valence-electron chi connectivity index (χ2n) is 10.7. The Balaban J connectivity index is 1.91. The van der Waals surface area contributed by atoms with Crippen LogP contribution >= 0.6 is 0 Å². The van der Waals surface area contributed by atoms with Gasteiger partial charge in [-0.1, -0.05) is 18.7 Å². The zero-order chi connectivity index (χ0) is 31.6. The number of carboxylic acid groups (broad SMARTS) is 2. The molecule has 3 N–H and O–H groups in total. The van der Waals surface area contributed by atoms with Gasteiger partial charge in [-0.15, -0.1) is 0 Å². The quantitative estimate of drug-likeness (QED) is 0.368. The Labute approximate surface area is 249 Å².